The third-order valence-electron chi connectivity index (χ3n) is 3.55. The summed E-state index contributed by atoms with van der Waals surface area (Å²) < 4.78 is 0. The first-order chi connectivity index (χ1) is 7.36. The number of rotatable bonds is 1. The van der Waals surface area contributed by atoms with Crippen molar-refractivity contribution in [3.05, 3.63) is 20.3 Å². The highest BCUT2D eigenvalue weighted by Gasteiger charge is 2.26. The zero-order chi connectivity index (χ0) is 10.3. The molecule has 1 aromatic rings. The highest BCUT2D eigenvalue weighted by Crippen LogP contribution is 2.43. The van der Waals surface area contributed by atoms with Crippen LogP contribution in [-0.2, 0) is 12.8 Å². The minimum Gasteiger partial charge on any atom is -0.316 e. The standard InChI is InChI=1S/C12H16ClNS/c13-11-9-4-1-5-10(9)15-12(11)8-3-2-6-14-7-8/h8,14H,1-7H2. The monoisotopic (exact) mass is 241 g/mol. The van der Waals surface area contributed by atoms with Gasteiger partial charge in [0, 0.05) is 22.2 Å². The van der Waals surface area contributed by atoms with E-state index < -0.39 is 0 Å². The average molecular weight is 242 g/mol. The molecule has 1 nitrogen and oxygen atoms in total. The molecule has 0 saturated carbocycles. The first kappa shape index (κ1) is 10.1. The quantitative estimate of drug-likeness (QED) is 0.795. The first-order valence-corrected chi connectivity index (χ1v) is 7.06. The molecule has 2 heterocycles. The molecule has 1 unspecified atom stereocenters. The SMILES string of the molecule is Clc1c(C2CCCNC2)sc2c1CCC2. The predicted octanol–water partition coefficient (Wildman–Crippen LogP) is 3.36. The molecule has 2 aliphatic rings. The molecule has 0 bridgehead atoms. The van der Waals surface area contributed by atoms with Gasteiger partial charge >= 0.3 is 0 Å². The molecule has 1 atom stereocenters. The maximum Gasteiger partial charge on any atom is 0.0583 e. The fraction of sp³-hybridized carbons (Fsp3) is 0.667. The fourth-order valence-corrected chi connectivity index (χ4v) is 4.68. The number of halogens is 1. The second-order valence-electron chi connectivity index (χ2n) is 4.58. The van der Waals surface area contributed by atoms with Crippen LogP contribution in [0.4, 0.5) is 0 Å². The number of hydrogen-bond acceptors (Lipinski definition) is 2. The van der Waals surface area contributed by atoms with Crippen molar-refractivity contribution >= 4 is 22.9 Å². The third-order valence-corrected chi connectivity index (χ3v) is 5.55. The van der Waals surface area contributed by atoms with Gasteiger partial charge in [0.2, 0.25) is 0 Å². The molecule has 1 aliphatic heterocycles. The molecule has 1 N–H and O–H groups in total. The van der Waals surface area contributed by atoms with Crippen molar-refractivity contribution in [2.75, 3.05) is 13.1 Å². The van der Waals surface area contributed by atoms with Crippen LogP contribution in [0.25, 0.3) is 0 Å². The first-order valence-electron chi connectivity index (χ1n) is 5.87. The molecule has 0 amide bonds. The lowest BCUT2D eigenvalue weighted by Gasteiger charge is -2.22. The van der Waals surface area contributed by atoms with Crippen molar-refractivity contribution in [1.29, 1.82) is 0 Å². The van der Waals surface area contributed by atoms with E-state index in [9.17, 15) is 0 Å². The van der Waals surface area contributed by atoms with Crippen LogP contribution in [0.5, 0.6) is 0 Å². The number of nitrogens with one attached hydrogen (secondary N) is 1. The van der Waals surface area contributed by atoms with E-state index in [2.05, 4.69) is 5.32 Å². The van der Waals surface area contributed by atoms with Gasteiger partial charge in [0.05, 0.1) is 5.02 Å². The topological polar surface area (TPSA) is 12.0 Å². The van der Waals surface area contributed by atoms with Crippen molar-refractivity contribution in [3.63, 3.8) is 0 Å². The van der Waals surface area contributed by atoms with Gasteiger partial charge in [-0.05, 0) is 44.2 Å². The molecule has 1 aliphatic carbocycles. The van der Waals surface area contributed by atoms with Crippen LogP contribution in [0.3, 0.4) is 0 Å². The van der Waals surface area contributed by atoms with E-state index in [1.54, 1.807) is 4.88 Å². The van der Waals surface area contributed by atoms with Crippen molar-refractivity contribution in [1.82, 2.24) is 5.32 Å². The average Bonchev–Trinajstić information content (AvgIpc) is 2.83. The smallest absolute Gasteiger partial charge is 0.0583 e. The van der Waals surface area contributed by atoms with E-state index in [-0.39, 0.29) is 0 Å². The summed E-state index contributed by atoms with van der Waals surface area (Å²) in [6.45, 7) is 2.30. The molecule has 15 heavy (non-hydrogen) atoms. The summed E-state index contributed by atoms with van der Waals surface area (Å²) in [6, 6.07) is 0. The van der Waals surface area contributed by atoms with Gasteiger partial charge in [-0.3, -0.25) is 0 Å². The van der Waals surface area contributed by atoms with Gasteiger partial charge in [0.25, 0.3) is 0 Å². The van der Waals surface area contributed by atoms with Crippen molar-refractivity contribution in [2.45, 2.75) is 38.0 Å². The molecular weight excluding hydrogens is 226 g/mol. The Morgan fingerprint density at radius 2 is 2.20 bits per heavy atom. The second-order valence-corrected chi connectivity index (χ2v) is 6.09. The van der Waals surface area contributed by atoms with Crippen LogP contribution >= 0.6 is 22.9 Å². The van der Waals surface area contributed by atoms with E-state index in [1.165, 1.54) is 49.1 Å². The molecule has 0 spiro atoms. The Labute approximate surface area is 99.8 Å². The van der Waals surface area contributed by atoms with Gasteiger partial charge in [-0.2, -0.15) is 0 Å². The van der Waals surface area contributed by atoms with Gasteiger partial charge in [-0.15, -0.1) is 11.3 Å². The van der Waals surface area contributed by atoms with Crippen LogP contribution in [0.2, 0.25) is 5.02 Å². The number of aryl methyl sites for hydroxylation is 1. The largest absolute Gasteiger partial charge is 0.316 e. The van der Waals surface area contributed by atoms with Crippen LogP contribution in [0.1, 0.15) is 40.5 Å². The Balaban J connectivity index is 1.91. The summed E-state index contributed by atoms with van der Waals surface area (Å²) in [4.78, 5) is 3.04. The summed E-state index contributed by atoms with van der Waals surface area (Å²) in [5.41, 5.74) is 1.47. The lowest BCUT2D eigenvalue weighted by molar-refractivity contribution is 0.466. The Bertz CT molecular complexity index is 366. The van der Waals surface area contributed by atoms with Gasteiger partial charge < -0.3 is 5.32 Å². The number of thiophene rings is 1. The van der Waals surface area contributed by atoms with Crippen molar-refractivity contribution in [3.8, 4) is 0 Å². The molecule has 3 heteroatoms. The molecule has 0 aromatic carbocycles. The molecule has 3 rings (SSSR count). The van der Waals surface area contributed by atoms with Gasteiger partial charge in [-0.1, -0.05) is 11.6 Å². The molecular formula is C12H16ClNS. The number of piperidine rings is 1. The lowest BCUT2D eigenvalue weighted by Crippen LogP contribution is -2.28. The zero-order valence-electron chi connectivity index (χ0n) is 8.81. The number of hydrogen-bond donors (Lipinski definition) is 1. The van der Waals surface area contributed by atoms with Crippen molar-refractivity contribution < 1.29 is 0 Å². The molecule has 1 aromatic heterocycles. The minimum atomic E-state index is 0.682. The van der Waals surface area contributed by atoms with Crippen LogP contribution < -0.4 is 5.32 Å². The summed E-state index contributed by atoms with van der Waals surface area (Å²) in [5.74, 6) is 0.682. The van der Waals surface area contributed by atoms with Gasteiger partial charge in [-0.25, -0.2) is 0 Å². The maximum atomic E-state index is 6.49. The van der Waals surface area contributed by atoms with E-state index in [1.807, 2.05) is 11.3 Å². The van der Waals surface area contributed by atoms with E-state index in [4.69, 9.17) is 11.6 Å². The molecule has 1 fully saturated rings. The van der Waals surface area contributed by atoms with Crippen LogP contribution in [-0.4, -0.2) is 13.1 Å². The van der Waals surface area contributed by atoms with Crippen molar-refractivity contribution in [2.24, 2.45) is 0 Å². The fourth-order valence-electron chi connectivity index (χ4n) is 2.73. The van der Waals surface area contributed by atoms with Gasteiger partial charge in [0.1, 0.15) is 0 Å². The molecule has 0 radical (unpaired) electrons. The van der Waals surface area contributed by atoms with Crippen LogP contribution in [0, 0.1) is 0 Å². The normalized spacial score (nSPS) is 25.5. The second kappa shape index (κ2) is 4.08. The Morgan fingerprint density at radius 3 is 2.93 bits per heavy atom. The highest BCUT2D eigenvalue weighted by molar-refractivity contribution is 7.13. The predicted molar refractivity (Wildman–Crippen MR) is 66.2 cm³/mol. The molecule has 82 valence electrons. The van der Waals surface area contributed by atoms with E-state index in [0.29, 0.717) is 5.92 Å². The van der Waals surface area contributed by atoms with Gasteiger partial charge in [0.15, 0.2) is 0 Å². The highest BCUT2D eigenvalue weighted by atomic mass is 35.5. The summed E-state index contributed by atoms with van der Waals surface area (Å²) in [5, 5.41) is 4.59. The Morgan fingerprint density at radius 1 is 1.27 bits per heavy atom. The summed E-state index contributed by atoms with van der Waals surface area (Å²) >= 11 is 8.47. The molecule has 1 saturated heterocycles. The Kier molecular flexibility index (Phi) is 2.75. The summed E-state index contributed by atoms with van der Waals surface area (Å²) in [6.07, 6.45) is 6.39. The van der Waals surface area contributed by atoms with E-state index >= 15 is 0 Å². The minimum absolute atomic E-state index is 0.682. The van der Waals surface area contributed by atoms with Crippen LogP contribution in [0.15, 0.2) is 0 Å². The number of fused-ring (bicyclic) bond motifs is 1. The van der Waals surface area contributed by atoms with E-state index in [0.717, 1.165) is 11.6 Å². The Hall–Kier alpha value is -0.0500. The zero-order valence-corrected chi connectivity index (χ0v) is 10.4. The maximum absolute atomic E-state index is 6.49. The summed E-state index contributed by atoms with van der Waals surface area (Å²) in [7, 11) is 0. The lowest BCUT2D eigenvalue weighted by atomic mass is 9.97. The third kappa shape index (κ3) is 1.73.